The van der Waals surface area contributed by atoms with Crippen molar-refractivity contribution in [3.05, 3.63) is 29.6 Å². The van der Waals surface area contributed by atoms with Crippen LogP contribution in [0.5, 0.6) is 0 Å². The zero-order chi connectivity index (χ0) is 10.9. The fourth-order valence-electron chi connectivity index (χ4n) is 1.16. The molecule has 0 amide bonds. The molecule has 0 radical (unpaired) electrons. The summed E-state index contributed by atoms with van der Waals surface area (Å²) in [5.41, 5.74) is -0.232. The van der Waals surface area contributed by atoms with Crippen LogP contribution in [0.15, 0.2) is 18.2 Å². The van der Waals surface area contributed by atoms with Crippen molar-refractivity contribution in [2.24, 2.45) is 0 Å². The molecule has 1 N–H and O–H groups in total. The molecule has 0 aliphatic heterocycles. The second-order valence-electron chi connectivity index (χ2n) is 4.25. The summed E-state index contributed by atoms with van der Waals surface area (Å²) < 4.78 is 13.0. The molecule has 0 unspecified atom stereocenters. The van der Waals surface area contributed by atoms with Crippen molar-refractivity contribution in [2.45, 2.75) is 19.6 Å². The first-order valence-electron chi connectivity index (χ1n) is 4.35. The smallest absolute Gasteiger partial charge is 0.338 e. The second kappa shape index (κ2) is 3.53. The summed E-state index contributed by atoms with van der Waals surface area (Å²) in [6.07, 6.45) is 0. The normalized spacial score (nSPS) is 11.4. The van der Waals surface area contributed by atoms with Crippen LogP contribution in [0.25, 0.3) is 0 Å². The number of carboxylic acids is 1. The Morgan fingerprint density at radius 1 is 1.36 bits per heavy atom. The highest BCUT2D eigenvalue weighted by Crippen LogP contribution is 2.09. The van der Waals surface area contributed by atoms with Gasteiger partial charge in [-0.05, 0) is 12.1 Å². The summed E-state index contributed by atoms with van der Waals surface area (Å²) in [5.74, 6) is -1.87. The molecule has 0 bridgehead atoms. The first kappa shape index (κ1) is 10.9. The van der Waals surface area contributed by atoms with E-state index in [9.17, 15) is 9.18 Å². The molecule has 1 aromatic carbocycles. The van der Waals surface area contributed by atoms with Gasteiger partial charge in [-0.1, -0.05) is 30.9 Å². The maximum atomic E-state index is 13.0. The molecule has 0 saturated heterocycles. The van der Waals surface area contributed by atoms with E-state index in [0.29, 0.717) is 0 Å². The zero-order valence-corrected chi connectivity index (χ0v) is 9.47. The molecule has 0 fully saturated rings. The van der Waals surface area contributed by atoms with Crippen molar-refractivity contribution in [1.82, 2.24) is 0 Å². The van der Waals surface area contributed by atoms with Crippen molar-refractivity contribution in [3.63, 3.8) is 0 Å². The van der Waals surface area contributed by atoms with Crippen molar-refractivity contribution in [3.8, 4) is 0 Å². The van der Waals surface area contributed by atoms with Gasteiger partial charge in [-0.15, -0.1) is 0 Å². The van der Waals surface area contributed by atoms with E-state index in [1.807, 2.05) is 0 Å². The van der Waals surface area contributed by atoms with Gasteiger partial charge >= 0.3 is 5.97 Å². The predicted octanol–water partition coefficient (Wildman–Crippen LogP) is 2.07. The fraction of sp³-hybridized carbons (Fsp3) is 0.300. The van der Waals surface area contributed by atoms with Gasteiger partial charge in [0.15, 0.2) is 0 Å². The van der Waals surface area contributed by atoms with Crippen molar-refractivity contribution < 1.29 is 14.3 Å². The van der Waals surface area contributed by atoms with E-state index in [0.717, 1.165) is 5.19 Å². The monoisotopic (exact) mass is 212 g/mol. The number of rotatable bonds is 2. The minimum Gasteiger partial charge on any atom is -0.478 e. The SMILES string of the molecule is C[Si](C)(C)c1ccc(F)c(C(=O)O)c1. The largest absolute Gasteiger partial charge is 0.478 e. The Bertz CT molecular complexity index is 369. The quantitative estimate of drug-likeness (QED) is 0.762. The van der Waals surface area contributed by atoms with E-state index in [4.69, 9.17) is 5.11 Å². The van der Waals surface area contributed by atoms with Crippen LogP contribution >= 0.6 is 0 Å². The molecule has 4 heteroatoms. The Morgan fingerprint density at radius 2 is 1.93 bits per heavy atom. The van der Waals surface area contributed by atoms with E-state index >= 15 is 0 Å². The minimum atomic E-state index is -1.56. The van der Waals surface area contributed by atoms with Crippen molar-refractivity contribution >= 4 is 19.2 Å². The first-order chi connectivity index (χ1) is 6.32. The molecule has 0 spiro atoms. The van der Waals surface area contributed by atoms with Crippen molar-refractivity contribution in [1.29, 1.82) is 0 Å². The lowest BCUT2D eigenvalue weighted by Gasteiger charge is -2.16. The average molecular weight is 212 g/mol. The molecule has 0 aromatic heterocycles. The van der Waals surface area contributed by atoms with Gasteiger partial charge in [0.25, 0.3) is 0 Å². The molecule has 76 valence electrons. The van der Waals surface area contributed by atoms with E-state index < -0.39 is 19.9 Å². The van der Waals surface area contributed by atoms with E-state index in [1.165, 1.54) is 12.1 Å². The van der Waals surface area contributed by atoms with Crippen LogP contribution < -0.4 is 5.19 Å². The van der Waals surface area contributed by atoms with E-state index in [-0.39, 0.29) is 5.56 Å². The van der Waals surface area contributed by atoms with Gasteiger partial charge in [0, 0.05) is 0 Å². The number of carboxylic acid groups (broad SMARTS) is 1. The highest BCUT2D eigenvalue weighted by atomic mass is 28.3. The first-order valence-corrected chi connectivity index (χ1v) is 7.85. The Kier molecular flexibility index (Phi) is 2.75. The van der Waals surface area contributed by atoms with Gasteiger partial charge in [0.05, 0.1) is 13.6 Å². The number of hydrogen-bond donors (Lipinski definition) is 1. The summed E-state index contributed by atoms with van der Waals surface area (Å²) in [5, 5.41) is 9.69. The third-order valence-electron chi connectivity index (χ3n) is 2.06. The van der Waals surface area contributed by atoms with Crippen LogP contribution in [0, 0.1) is 5.82 Å². The van der Waals surface area contributed by atoms with Gasteiger partial charge in [0.1, 0.15) is 5.82 Å². The number of carbonyl (C=O) groups is 1. The van der Waals surface area contributed by atoms with Crippen molar-refractivity contribution in [2.75, 3.05) is 0 Å². The number of halogens is 1. The molecule has 0 aliphatic rings. The zero-order valence-electron chi connectivity index (χ0n) is 8.47. The Hall–Kier alpha value is -1.16. The lowest BCUT2D eigenvalue weighted by molar-refractivity contribution is 0.0692. The molecule has 0 aliphatic carbocycles. The summed E-state index contributed by atoms with van der Waals surface area (Å²) in [7, 11) is -1.56. The number of hydrogen-bond acceptors (Lipinski definition) is 1. The minimum absolute atomic E-state index is 0.232. The average Bonchev–Trinajstić information content (AvgIpc) is 2.02. The lowest BCUT2D eigenvalue weighted by Crippen LogP contribution is -2.38. The lowest BCUT2D eigenvalue weighted by atomic mass is 10.2. The van der Waals surface area contributed by atoms with Crippen LogP contribution in [0.3, 0.4) is 0 Å². The standard InChI is InChI=1S/C10H13FO2Si/c1-14(2,3)7-4-5-9(11)8(6-7)10(12)13/h4-6H,1-3H3,(H,12,13). The van der Waals surface area contributed by atoms with Gasteiger partial charge < -0.3 is 5.11 Å². The predicted molar refractivity (Wildman–Crippen MR) is 56.3 cm³/mol. The van der Waals surface area contributed by atoms with E-state index in [2.05, 4.69) is 19.6 Å². The molecule has 0 saturated carbocycles. The van der Waals surface area contributed by atoms with Crippen LogP contribution in [0.2, 0.25) is 19.6 Å². The molecular formula is C10H13FO2Si. The van der Waals surface area contributed by atoms with Crippen LogP contribution in [0.4, 0.5) is 4.39 Å². The molecule has 0 atom stereocenters. The number of aromatic carboxylic acids is 1. The summed E-state index contributed by atoms with van der Waals surface area (Å²) in [6, 6.07) is 4.36. The van der Waals surface area contributed by atoms with Gasteiger partial charge in [-0.25, -0.2) is 9.18 Å². The van der Waals surface area contributed by atoms with Crippen LogP contribution in [0.1, 0.15) is 10.4 Å². The molecule has 1 rings (SSSR count). The maximum absolute atomic E-state index is 13.0. The maximum Gasteiger partial charge on any atom is 0.338 e. The third kappa shape index (κ3) is 2.20. The van der Waals surface area contributed by atoms with E-state index in [1.54, 1.807) is 6.07 Å². The fourth-order valence-corrected chi connectivity index (χ4v) is 2.32. The van der Waals surface area contributed by atoms with Gasteiger partial charge in [-0.3, -0.25) is 0 Å². The van der Waals surface area contributed by atoms with Gasteiger partial charge in [0.2, 0.25) is 0 Å². The summed E-state index contributed by atoms with van der Waals surface area (Å²) >= 11 is 0. The topological polar surface area (TPSA) is 37.3 Å². The highest BCUT2D eigenvalue weighted by Gasteiger charge is 2.19. The van der Waals surface area contributed by atoms with Gasteiger partial charge in [-0.2, -0.15) is 0 Å². The summed E-state index contributed by atoms with van der Waals surface area (Å²) in [6.45, 7) is 6.27. The second-order valence-corrected chi connectivity index (χ2v) is 9.33. The Labute approximate surface area is 83.4 Å². The molecule has 2 nitrogen and oxygen atoms in total. The number of benzene rings is 1. The molecule has 14 heavy (non-hydrogen) atoms. The van der Waals surface area contributed by atoms with Crippen LogP contribution in [-0.4, -0.2) is 19.1 Å². The molecule has 1 aromatic rings. The summed E-state index contributed by atoms with van der Waals surface area (Å²) in [4.78, 5) is 10.7. The molecule has 0 heterocycles. The highest BCUT2D eigenvalue weighted by molar-refractivity contribution is 6.88. The third-order valence-corrected chi connectivity index (χ3v) is 4.11. The van der Waals surface area contributed by atoms with Crippen LogP contribution in [-0.2, 0) is 0 Å². The Morgan fingerprint density at radius 3 is 2.36 bits per heavy atom. The molecular weight excluding hydrogens is 199 g/mol. The Balaban J connectivity index is 3.27.